The van der Waals surface area contributed by atoms with Gasteiger partial charge in [-0.25, -0.2) is 14.4 Å². The van der Waals surface area contributed by atoms with Gasteiger partial charge in [-0.15, -0.1) is 0 Å². The van der Waals surface area contributed by atoms with Crippen molar-refractivity contribution < 1.29 is 39.4 Å². The van der Waals surface area contributed by atoms with Crippen molar-refractivity contribution in [3.63, 3.8) is 0 Å². The van der Waals surface area contributed by atoms with Crippen LogP contribution in [0.15, 0.2) is 61.9 Å². The highest BCUT2D eigenvalue weighted by Crippen LogP contribution is 2.29. The van der Waals surface area contributed by atoms with Gasteiger partial charge in [-0.05, 0) is 26.0 Å². The van der Waals surface area contributed by atoms with Gasteiger partial charge in [0.2, 0.25) is 0 Å². The summed E-state index contributed by atoms with van der Waals surface area (Å²) in [5.74, 6) is -0.833. The maximum absolute atomic E-state index is 12.3. The van der Waals surface area contributed by atoms with Crippen LogP contribution in [0.2, 0.25) is 0 Å². The number of aliphatic hydroxyl groups is 4. The van der Waals surface area contributed by atoms with Crippen molar-refractivity contribution in [2.24, 2.45) is 5.92 Å². The lowest BCUT2D eigenvalue weighted by molar-refractivity contribution is -0.212. The van der Waals surface area contributed by atoms with E-state index in [0.717, 1.165) is 9.13 Å². The molecule has 2 aliphatic rings. The third-order valence-electron chi connectivity index (χ3n) is 7.29. The maximum atomic E-state index is 12.3. The zero-order valence-corrected chi connectivity index (χ0v) is 24.6. The molecule has 2 saturated heterocycles. The van der Waals surface area contributed by atoms with E-state index >= 15 is 0 Å². The number of aromatic nitrogens is 4. The van der Waals surface area contributed by atoms with Crippen LogP contribution in [0.5, 0.6) is 0 Å². The minimum Gasteiger partial charge on any atom is -0.455 e. The molecule has 241 valence electrons. The van der Waals surface area contributed by atoms with E-state index in [1.165, 1.54) is 19.3 Å². The SMILES string of the molecule is Cc1cn(C2OCC(C)C(OC(=O)c3ccccc3)C2O)c(=O)[nH]c1=O.Cc1cn(C2OCC(O)C(O)C2O)c(=O)[nH]c1=O.[B]. The van der Waals surface area contributed by atoms with Crippen molar-refractivity contribution in [1.82, 2.24) is 19.1 Å². The molecule has 5 rings (SSSR count). The number of hydrogen-bond donors (Lipinski definition) is 6. The number of esters is 1. The Balaban J connectivity index is 0.000000256. The number of aliphatic hydroxyl groups excluding tert-OH is 4. The average Bonchev–Trinajstić information content (AvgIpc) is 2.99. The first-order valence-electron chi connectivity index (χ1n) is 13.7. The van der Waals surface area contributed by atoms with Crippen LogP contribution in [0.4, 0.5) is 0 Å². The van der Waals surface area contributed by atoms with Crippen LogP contribution in [0.3, 0.4) is 0 Å². The molecule has 16 nitrogen and oxygen atoms in total. The molecule has 17 heteroatoms. The summed E-state index contributed by atoms with van der Waals surface area (Å²) in [4.78, 5) is 63.0. The molecule has 0 spiro atoms. The van der Waals surface area contributed by atoms with Crippen LogP contribution < -0.4 is 22.5 Å². The van der Waals surface area contributed by atoms with Gasteiger partial charge in [0.1, 0.15) is 30.5 Å². The van der Waals surface area contributed by atoms with Crippen LogP contribution in [-0.2, 0) is 14.2 Å². The van der Waals surface area contributed by atoms with E-state index in [2.05, 4.69) is 9.97 Å². The lowest BCUT2D eigenvalue weighted by Crippen LogP contribution is -2.52. The molecule has 8 atom stereocenters. The predicted octanol–water partition coefficient (Wildman–Crippen LogP) is -2.33. The van der Waals surface area contributed by atoms with Crippen LogP contribution in [0.1, 0.15) is 40.9 Å². The maximum Gasteiger partial charge on any atom is 0.338 e. The first kappa shape index (κ1) is 35.4. The normalized spacial score (nSPS) is 27.8. The van der Waals surface area contributed by atoms with Gasteiger partial charge in [-0.3, -0.25) is 28.7 Å². The molecule has 45 heavy (non-hydrogen) atoms. The second-order valence-corrected chi connectivity index (χ2v) is 10.7. The Kier molecular flexibility index (Phi) is 11.6. The van der Waals surface area contributed by atoms with Crippen molar-refractivity contribution in [2.45, 2.75) is 63.7 Å². The number of benzene rings is 1. The fourth-order valence-electron chi connectivity index (χ4n) is 4.73. The molecule has 0 saturated carbocycles. The molecule has 3 radical (unpaired) electrons. The van der Waals surface area contributed by atoms with Gasteiger partial charge in [0.15, 0.2) is 12.5 Å². The highest BCUT2D eigenvalue weighted by atomic mass is 16.6. The second kappa shape index (κ2) is 14.8. The van der Waals surface area contributed by atoms with E-state index in [-0.39, 0.29) is 33.1 Å². The highest BCUT2D eigenvalue weighted by Gasteiger charge is 2.42. The van der Waals surface area contributed by atoms with Gasteiger partial charge < -0.3 is 34.6 Å². The van der Waals surface area contributed by atoms with E-state index in [0.29, 0.717) is 11.1 Å². The van der Waals surface area contributed by atoms with Crippen LogP contribution in [0, 0.1) is 19.8 Å². The van der Waals surface area contributed by atoms with Crippen LogP contribution >= 0.6 is 0 Å². The standard InChI is InChI=1S/C18H20N2O6.C10H14N2O6.B/c1-10-8-20(18(24)19-15(10)22)16-13(21)14(11(2)9-25-16)26-17(23)12-6-4-3-5-7-12;1-4-2-12(10(17)11-8(4)16)9-7(15)6(14)5(13)3-18-9;/h3-8,11,13-14,16,21H,9H2,1-2H3,(H,19,22,24);2,5-7,9,13-15H,3H2,1H3,(H,11,16,17);. The van der Waals surface area contributed by atoms with E-state index in [1.54, 1.807) is 44.2 Å². The summed E-state index contributed by atoms with van der Waals surface area (Å²) in [5.41, 5.74) is -1.54. The number of nitrogens with zero attached hydrogens (tertiary/aromatic N) is 2. The summed E-state index contributed by atoms with van der Waals surface area (Å²) in [7, 11) is 0. The predicted molar refractivity (Wildman–Crippen MR) is 157 cm³/mol. The quantitative estimate of drug-likeness (QED) is 0.132. The van der Waals surface area contributed by atoms with Gasteiger partial charge in [-0.1, -0.05) is 25.1 Å². The Morgan fingerprint density at radius 1 is 0.800 bits per heavy atom. The number of carbonyl (C=O) groups excluding carboxylic acids is 1. The van der Waals surface area contributed by atoms with Gasteiger partial charge >= 0.3 is 17.3 Å². The van der Waals surface area contributed by atoms with Crippen molar-refractivity contribution in [3.8, 4) is 0 Å². The Labute approximate surface area is 257 Å². The molecular weight excluding hydrogens is 595 g/mol. The van der Waals surface area contributed by atoms with Crippen LogP contribution in [-0.4, -0.2) is 97.6 Å². The average molecular weight is 629 g/mol. The molecule has 0 bridgehead atoms. The van der Waals surface area contributed by atoms with E-state index in [1.807, 2.05) is 0 Å². The number of aromatic amines is 2. The Hall–Kier alpha value is -4.13. The minimum absolute atomic E-state index is 0. The molecule has 0 aliphatic carbocycles. The molecule has 0 amide bonds. The molecule has 3 aromatic rings. The number of carbonyl (C=O) groups is 1. The van der Waals surface area contributed by atoms with Crippen LogP contribution in [0.25, 0.3) is 0 Å². The van der Waals surface area contributed by atoms with Gasteiger partial charge in [-0.2, -0.15) is 0 Å². The van der Waals surface area contributed by atoms with Gasteiger partial charge in [0.05, 0.1) is 18.8 Å². The third kappa shape index (κ3) is 7.76. The third-order valence-corrected chi connectivity index (χ3v) is 7.29. The smallest absolute Gasteiger partial charge is 0.338 e. The van der Waals surface area contributed by atoms with Crippen molar-refractivity contribution in [2.75, 3.05) is 13.2 Å². The number of ether oxygens (including phenoxy) is 3. The summed E-state index contributed by atoms with van der Waals surface area (Å²) in [6.07, 6.45) is -5.87. The summed E-state index contributed by atoms with van der Waals surface area (Å²) < 4.78 is 18.3. The zero-order chi connectivity index (χ0) is 32.3. The number of hydrogen-bond acceptors (Lipinski definition) is 12. The van der Waals surface area contributed by atoms with Crippen molar-refractivity contribution in [1.29, 1.82) is 0 Å². The minimum atomic E-state index is -1.46. The highest BCUT2D eigenvalue weighted by molar-refractivity contribution is 5.89. The van der Waals surface area contributed by atoms with Gasteiger partial charge in [0.25, 0.3) is 11.1 Å². The molecule has 2 aliphatic heterocycles. The molecule has 4 heterocycles. The number of nitrogens with one attached hydrogen (secondary N) is 2. The fraction of sp³-hybridized carbons (Fsp3) is 0.464. The zero-order valence-electron chi connectivity index (χ0n) is 24.6. The monoisotopic (exact) mass is 629 g/mol. The molecule has 8 unspecified atom stereocenters. The Morgan fingerprint density at radius 3 is 1.82 bits per heavy atom. The molecule has 6 N–H and O–H groups in total. The Morgan fingerprint density at radius 2 is 1.29 bits per heavy atom. The fourth-order valence-corrected chi connectivity index (χ4v) is 4.73. The van der Waals surface area contributed by atoms with E-state index in [4.69, 9.17) is 14.2 Å². The second-order valence-electron chi connectivity index (χ2n) is 10.7. The van der Waals surface area contributed by atoms with E-state index < -0.39 is 71.4 Å². The lowest BCUT2D eigenvalue weighted by Gasteiger charge is -2.38. The Bertz CT molecular complexity index is 1700. The first-order chi connectivity index (χ1) is 20.8. The summed E-state index contributed by atoms with van der Waals surface area (Å²) in [6, 6.07) is 8.44. The summed E-state index contributed by atoms with van der Waals surface area (Å²) >= 11 is 0. The number of aryl methyl sites for hydroxylation is 2. The van der Waals surface area contributed by atoms with Crippen molar-refractivity contribution in [3.05, 3.63) is 101 Å². The largest absolute Gasteiger partial charge is 0.455 e. The summed E-state index contributed by atoms with van der Waals surface area (Å²) in [5, 5.41) is 39.3. The van der Waals surface area contributed by atoms with E-state index in [9.17, 15) is 44.4 Å². The first-order valence-corrected chi connectivity index (χ1v) is 13.7. The molecular formula is C28H34BN4O12. The molecule has 2 fully saturated rings. The molecule has 2 aromatic heterocycles. The lowest BCUT2D eigenvalue weighted by atomic mass is 9.96. The summed E-state index contributed by atoms with van der Waals surface area (Å²) in [6.45, 7) is 4.78. The molecule has 1 aromatic carbocycles. The number of H-pyrrole nitrogens is 2. The van der Waals surface area contributed by atoms with Gasteiger partial charge in [0, 0.05) is 37.9 Å². The van der Waals surface area contributed by atoms with Crippen molar-refractivity contribution >= 4 is 14.4 Å². The topological polar surface area (TPSA) is 235 Å². The number of rotatable bonds is 4.